The van der Waals surface area contributed by atoms with Crippen LogP contribution in [-0.4, -0.2) is 67.6 Å². The van der Waals surface area contributed by atoms with Crippen LogP contribution in [0.1, 0.15) is 22.8 Å². The van der Waals surface area contributed by atoms with E-state index >= 15 is 0 Å². The highest BCUT2D eigenvalue weighted by Gasteiger charge is 2.44. The number of carbonyl (C=O) groups excluding carboxylic acids is 1. The van der Waals surface area contributed by atoms with Crippen molar-refractivity contribution in [3.8, 4) is 28.7 Å². The molecule has 4 atom stereocenters. The van der Waals surface area contributed by atoms with Crippen molar-refractivity contribution in [1.29, 1.82) is 0 Å². The fraction of sp³-hybridized carbons (Fsp3) is 0.286. The molecule has 2 heterocycles. The van der Waals surface area contributed by atoms with Gasteiger partial charge >= 0.3 is 0 Å². The van der Waals surface area contributed by atoms with Crippen LogP contribution >= 0.6 is 0 Å². The fourth-order valence-corrected chi connectivity index (χ4v) is 3.42. The van der Waals surface area contributed by atoms with Crippen LogP contribution in [0.5, 0.6) is 28.7 Å². The van der Waals surface area contributed by atoms with Crippen LogP contribution in [0.2, 0.25) is 0 Å². The summed E-state index contributed by atoms with van der Waals surface area (Å²) < 4.78 is 10.8. The summed E-state index contributed by atoms with van der Waals surface area (Å²) in [6, 6.07) is 5.99. The largest absolute Gasteiger partial charge is 0.508 e. The molecule has 170 valence electrons. The predicted octanol–water partition coefficient (Wildman–Crippen LogP) is 0.559. The van der Waals surface area contributed by atoms with E-state index in [9.17, 15) is 35.4 Å². The minimum atomic E-state index is -1.53. The number of aromatic hydroxyl groups is 3. The first-order valence-corrected chi connectivity index (χ1v) is 9.49. The summed E-state index contributed by atoms with van der Waals surface area (Å²) in [6.45, 7) is 0.861. The van der Waals surface area contributed by atoms with Crippen LogP contribution in [0.4, 0.5) is 0 Å². The molecule has 0 amide bonds. The van der Waals surface area contributed by atoms with Gasteiger partial charge in [0.15, 0.2) is 28.8 Å². The Morgan fingerprint density at radius 1 is 1.00 bits per heavy atom. The molecule has 1 saturated heterocycles. The molecule has 6 N–H and O–H groups in total. The zero-order chi connectivity index (χ0) is 23.2. The Kier molecular flexibility index (Phi) is 5.57. The quantitative estimate of drug-likeness (QED) is 0.285. The van der Waals surface area contributed by atoms with Gasteiger partial charge in [-0.2, -0.15) is 0 Å². The first-order valence-electron chi connectivity index (χ1n) is 9.49. The van der Waals surface area contributed by atoms with E-state index in [4.69, 9.17) is 19.2 Å². The number of rotatable bonds is 4. The second-order valence-corrected chi connectivity index (χ2v) is 7.29. The van der Waals surface area contributed by atoms with Crippen LogP contribution in [0.15, 0.2) is 35.9 Å². The maximum Gasteiger partial charge on any atom is 0.229 e. The van der Waals surface area contributed by atoms with Gasteiger partial charge in [0.25, 0.3) is 0 Å². The third-order valence-corrected chi connectivity index (χ3v) is 5.15. The highest BCUT2D eigenvalue weighted by Crippen LogP contribution is 2.41. The molecule has 0 aromatic heterocycles. The van der Waals surface area contributed by atoms with Gasteiger partial charge in [0.2, 0.25) is 6.29 Å². The number of hydrogen-bond acceptors (Lipinski definition) is 11. The van der Waals surface area contributed by atoms with Gasteiger partial charge in [0, 0.05) is 23.3 Å². The lowest BCUT2D eigenvalue weighted by Crippen LogP contribution is -2.35. The molecule has 0 aliphatic carbocycles. The molecule has 2 aliphatic heterocycles. The van der Waals surface area contributed by atoms with Crippen LogP contribution < -0.4 is 9.62 Å². The topological polar surface area (TPSA) is 175 Å². The third-order valence-electron chi connectivity index (χ3n) is 5.15. The summed E-state index contributed by atoms with van der Waals surface area (Å²) in [7, 11) is 0. The number of ether oxygens (including phenoxy) is 2. The smallest absolute Gasteiger partial charge is 0.229 e. The lowest BCUT2D eigenvalue weighted by Gasteiger charge is -2.19. The molecule has 0 spiro atoms. The van der Waals surface area contributed by atoms with Crippen molar-refractivity contribution in [3.63, 3.8) is 0 Å². The van der Waals surface area contributed by atoms with E-state index < -0.39 is 42.7 Å². The molecule has 4 unspecified atom stereocenters. The van der Waals surface area contributed by atoms with Gasteiger partial charge in [0.05, 0.1) is 6.61 Å². The zero-order valence-corrected chi connectivity index (χ0v) is 16.6. The summed E-state index contributed by atoms with van der Waals surface area (Å²) in [5, 5.41) is 58.7. The normalized spacial score (nSPS) is 25.1. The minimum Gasteiger partial charge on any atom is -0.508 e. The van der Waals surface area contributed by atoms with E-state index in [1.54, 1.807) is 0 Å². The number of ketones is 1. The van der Waals surface area contributed by atoms with Gasteiger partial charge in [-0.1, -0.05) is 0 Å². The molecule has 0 bridgehead atoms. The Hall–Kier alpha value is -3.51. The van der Waals surface area contributed by atoms with Crippen molar-refractivity contribution in [1.82, 2.24) is 0 Å². The maximum atomic E-state index is 13.3. The van der Waals surface area contributed by atoms with Crippen molar-refractivity contribution in [2.75, 3.05) is 6.61 Å². The molecule has 2 aromatic rings. The second-order valence-electron chi connectivity index (χ2n) is 7.29. The second kappa shape index (κ2) is 8.20. The zero-order valence-electron chi connectivity index (χ0n) is 16.6. The monoisotopic (exact) mass is 448 g/mol. The number of phenols is 3. The third kappa shape index (κ3) is 3.67. The number of aliphatic hydroxyl groups is 3. The van der Waals surface area contributed by atoms with Gasteiger partial charge in [-0.15, -0.1) is 0 Å². The van der Waals surface area contributed by atoms with Crippen LogP contribution in [-0.2, 0) is 9.62 Å². The van der Waals surface area contributed by atoms with Crippen molar-refractivity contribution < 1.29 is 54.7 Å². The molecule has 4 rings (SSSR count). The number of Topliss-reactive ketones (excluding diaryl/α,β-unsaturated/α-hetero) is 1. The maximum absolute atomic E-state index is 13.3. The summed E-state index contributed by atoms with van der Waals surface area (Å²) in [4.78, 5) is 23.8. The van der Waals surface area contributed by atoms with Gasteiger partial charge < -0.3 is 40.1 Å². The summed E-state index contributed by atoms with van der Waals surface area (Å²) in [5.41, 5.74) is 0.121. The lowest BCUT2D eigenvalue weighted by atomic mass is 9.99. The van der Waals surface area contributed by atoms with E-state index in [1.165, 1.54) is 25.1 Å². The predicted molar refractivity (Wildman–Crippen MR) is 105 cm³/mol. The van der Waals surface area contributed by atoms with Gasteiger partial charge in [-0.05, 0) is 25.1 Å². The lowest BCUT2D eigenvalue weighted by molar-refractivity contribution is -0.133. The number of carbonyl (C=O) groups is 1. The Morgan fingerprint density at radius 2 is 1.75 bits per heavy atom. The number of benzene rings is 2. The Balaban J connectivity index is 1.73. The molecule has 11 nitrogen and oxygen atoms in total. The van der Waals surface area contributed by atoms with E-state index in [2.05, 4.69) is 0 Å². The SMILES string of the molecule is CC1=C(c2ccc(O)c(O)c2)OOc2cc(O)cc(OC3OC(CO)C(O)C3O)c2C1=O. The van der Waals surface area contributed by atoms with Crippen molar-refractivity contribution >= 4 is 11.5 Å². The molecule has 11 heteroatoms. The van der Waals surface area contributed by atoms with Gasteiger partial charge in [-0.3, -0.25) is 14.6 Å². The Labute approximate surface area is 180 Å². The number of allylic oxidation sites excluding steroid dienone is 1. The molecular weight excluding hydrogens is 428 g/mol. The van der Waals surface area contributed by atoms with Crippen molar-refractivity contribution in [2.24, 2.45) is 0 Å². The summed E-state index contributed by atoms with van der Waals surface area (Å²) in [6.07, 6.45) is -5.50. The standard InChI is InChI=1S/C21H20O11/c1-8-17(26)16-13(29-21-19(28)18(27)15(7-22)30-21)5-10(23)6-14(16)31-32-20(8)9-2-3-11(24)12(25)4-9/h2-6,15,18-19,21-25,27-28H,7H2,1H3. The molecule has 32 heavy (non-hydrogen) atoms. The van der Waals surface area contributed by atoms with E-state index in [0.717, 1.165) is 12.1 Å². The molecule has 2 aromatic carbocycles. The highest BCUT2D eigenvalue weighted by molar-refractivity contribution is 6.15. The van der Waals surface area contributed by atoms with Crippen LogP contribution in [0.25, 0.3) is 5.76 Å². The highest BCUT2D eigenvalue weighted by atomic mass is 17.2. The van der Waals surface area contributed by atoms with Crippen LogP contribution in [0, 0.1) is 0 Å². The Morgan fingerprint density at radius 3 is 2.41 bits per heavy atom. The average molecular weight is 448 g/mol. The number of aliphatic hydroxyl groups excluding tert-OH is 3. The number of fused-ring (bicyclic) bond motifs is 1. The van der Waals surface area contributed by atoms with Crippen molar-refractivity contribution in [2.45, 2.75) is 31.5 Å². The fourth-order valence-electron chi connectivity index (χ4n) is 3.42. The van der Waals surface area contributed by atoms with Crippen molar-refractivity contribution in [3.05, 3.63) is 47.0 Å². The summed E-state index contributed by atoms with van der Waals surface area (Å²) in [5.74, 6) is -2.26. The van der Waals surface area contributed by atoms with E-state index in [-0.39, 0.29) is 45.5 Å². The number of hydrogen-bond donors (Lipinski definition) is 6. The molecule has 2 aliphatic rings. The minimum absolute atomic E-state index is 0.0468. The first-order chi connectivity index (χ1) is 15.2. The van der Waals surface area contributed by atoms with Gasteiger partial charge in [0.1, 0.15) is 35.4 Å². The number of phenolic OH excluding ortho intramolecular Hbond substituents is 3. The average Bonchev–Trinajstić information content (AvgIpc) is 2.95. The molecule has 0 radical (unpaired) electrons. The molecular formula is C21H20O11. The van der Waals surface area contributed by atoms with Crippen LogP contribution in [0.3, 0.4) is 0 Å². The summed E-state index contributed by atoms with van der Waals surface area (Å²) >= 11 is 0. The Bertz CT molecular complexity index is 1090. The van der Waals surface area contributed by atoms with E-state index in [1.807, 2.05) is 0 Å². The van der Waals surface area contributed by atoms with E-state index in [0.29, 0.717) is 0 Å². The molecule has 1 fully saturated rings. The molecule has 0 saturated carbocycles. The first kappa shape index (κ1) is 21.7. The van der Waals surface area contributed by atoms with Gasteiger partial charge in [-0.25, -0.2) is 0 Å².